The van der Waals surface area contributed by atoms with Crippen LogP contribution in [0, 0.1) is 0 Å². The highest BCUT2D eigenvalue weighted by Crippen LogP contribution is 2.37. The van der Waals surface area contributed by atoms with Crippen LogP contribution in [0.2, 0.25) is 38.3 Å². The van der Waals surface area contributed by atoms with Gasteiger partial charge >= 0.3 is 0 Å². The van der Waals surface area contributed by atoms with Gasteiger partial charge in [0.15, 0.2) is 16.6 Å². The third kappa shape index (κ3) is 10.2. The first-order chi connectivity index (χ1) is 6.47. The van der Waals surface area contributed by atoms with Crippen molar-refractivity contribution in [3.63, 3.8) is 0 Å². The van der Waals surface area contributed by atoms with Gasteiger partial charge in [0.05, 0.1) is 0 Å². The second-order valence-corrected chi connectivity index (χ2v) is 50.1. The van der Waals surface area contributed by atoms with Gasteiger partial charge in [-0.2, -0.15) is 0 Å². The number of halogens is 3. The van der Waals surface area contributed by atoms with Gasteiger partial charge in [-0.1, -0.05) is 71.1 Å². The van der Waals surface area contributed by atoms with E-state index in [0.717, 1.165) is 0 Å². The quantitative estimate of drug-likeness (QED) is 0.228. The third-order valence-corrected chi connectivity index (χ3v) is 15.0. The zero-order chi connectivity index (χ0) is 12.3. The largest absolute Gasteiger partial charge is 0.453 e. The van der Waals surface area contributed by atoms with E-state index < -0.39 is 17.2 Å². The molecular weight excluding hydrogens is 577 g/mol. The summed E-state index contributed by atoms with van der Waals surface area (Å²) in [6.45, 7) is 13.0. The fourth-order valence-electron chi connectivity index (χ4n) is 1.25. The smallest absolute Gasteiger partial charge is 0.253 e. The lowest BCUT2D eigenvalue weighted by Gasteiger charge is -2.32. The minimum atomic E-state index is -1.58. The monoisotopic (exact) mass is 596 g/mol. The van der Waals surface area contributed by atoms with Gasteiger partial charge in [0.1, 0.15) is 0 Å². The van der Waals surface area contributed by atoms with E-state index in [1.165, 1.54) is 12.1 Å². The van der Waals surface area contributed by atoms with E-state index >= 15 is 0 Å². The summed E-state index contributed by atoms with van der Waals surface area (Å²) in [6.07, 6.45) is 0. The normalized spacial score (nSPS) is 14.1. The topological polar surface area (TPSA) is 9.23 Å². The summed E-state index contributed by atoms with van der Waals surface area (Å²) < 4.78 is 5.34. The summed E-state index contributed by atoms with van der Waals surface area (Å²) >= 11 is 7.90. The van der Waals surface area contributed by atoms with Gasteiger partial charge in [-0.15, -0.1) is 6.58 Å². The van der Waals surface area contributed by atoms with Crippen molar-refractivity contribution in [1.82, 2.24) is 0 Å². The van der Waals surface area contributed by atoms with E-state index in [0.29, 0.717) is 0 Å². The molecule has 0 unspecified atom stereocenters. The van der Waals surface area contributed by atoms with Crippen LogP contribution >= 0.6 is 65.4 Å². The Labute approximate surface area is 135 Å². The highest BCUT2D eigenvalue weighted by Gasteiger charge is 2.33. The minimum absolute atomic E-state index is 0.998. The van der Waals surface area contributed by atoms with Crippen molar-refractivity contribution in [2.24, 2.45) is 0 Å². The van der Waals surface area contributed by atoms with Crippen molar-refractivity contribution in [3.8, 4) is 0 Å². The SMILES string of the molecule is C=C[Si](C)(C)O[Si](C)(C)CC[Si](I)(I)I. The van der Waals surface area contributed by atoms with E-state index in [4.69, 9.17) is 4.12 Å². The average Bonchev–Trinajstić information content (AvgIpc) is 1.98. The van der Waals surface area contributed by atoms with Gasteiger partial charge < -0.3 is 4.12 Å². The standard InChI is InChI=1S/C8H19I3OSi3/c1-6-13(2,3)12-14(4,5)7-8-15(9,10)11/h6H,1,7-8H2,2-5H3. The van der Waals surface area contributed by atoms with E-state index in [2.05, 4.69) is 98.2 Å². The van der Waals surface area contributed by atoms with Crippen LogP contribution < -0.4 is 0 Å². The van der Waals surface area contributed by atoms with Crippen LogP contribution in [0.3, 0.4) is 0 Å². The van der Waals surface area contributed by atoms with Crippen molar-refractivity contribution >= 4 is 82.6 Å². The van der Waals surface area contributed by atoms with Crippen LogP contribution in [0.15, 0.2) is 12.3 Å². The molecule has 0 spiro atoms. The molecule has 0 aromatic carbocycles. The van der Waals surface area contributed by atoms with Crippen molar-refractivity contribution < 1.29 is 4.12 Å². The molecule has 0 aliphatic rings. The Kier molecular flexibility index (Phi) is 7.76. The molecule has 0 atom stereocenters. The van der Waals surface area contributed by atoms with Gasteiger partial charge in [-0.3, -0.25) is 0 Å². The van der Waals surface area contributed by atoms with Crippen LogP contribution in [0.25, 0.3) is 0 Å². The van der Waals surface area contributed by atoms with Crippen LogP contribution in [-0.2, 0) is 4.12 Å². The van der Waals surface area contributed by atoms with Crippen molar-refractivity contribution in [1.29, 1.82) is 0 Å². The molecule has 0 N–H and O–H groups in total. The zero-order valence-electron chi connectivity index (χ0n) is 9.74. The van der Waals surface area contributed by atoms with Crippen LogP contribution in [-0.4, -0.2) is 17.2 Å². The second-order valence-electron chi connectivity index (χ2n) is 4.78. The van der Waals surface area contributed by atoms with Gasteiger partial charge in [0.2, 0.25) is 0 Å². The average molecular weight is 596 g/mol. The van der Waals surface area contributed by atoms with E-state index in [1.807, 2.05) is 5.70 Å². The Morgan fingerprint density at radius 2 is 1.53 bits per heavy atom. The van der Waals surface area contributed by atoms with Gasteiger partial charge in [-0.05, 0) is 38.3 Å². The number of hydrogen-bond donors (Lipinski definition) is 0. The minimum Gasteiger partial charge on any atom is -0.453 e. The van der Waals surface area contributed by atoms with Crippen molar-refractivity contribution in [2.75, 3.05) is 0 Å². The molecule has 0 fully saturated rings. The summed E-state index contributed by atoms with van der Waals surface area (Å²) in [7, 11) is -3.03. The van der Waals surface area contributed by atoms with E-state index in [9.17, 15) is 0 Å². The molecule has 7 heteroatoms. The first-order valence-electron chi connectivity index (χ1n) is 4.88. The molecule has 90 valence electrons. The molecular formula is C8H19I3OSi3. The Hall–Kier alpha value is 2.54. The maximum atomic E-state index is 6.34. The summed E-state index contributed by atoms with van der Waals surface area (Å²) in [6, 6.07) is 2.65. The molecule has 0 radical (unpaired) electrons. The summed E-state index contributed by atoms with van der Waals surface area (Å²) in [4.78, 5) is 0. The lowest BCUT2D eigenvalue weighted by Crippen LogP contribution is -2.43. The highest BCUT2D eigenvalue weighted by atomic mass is 127. The maximum absolute atomic E-state index is 6.34. The van der Waals surface area contributed by atoms with Crippen molar-refractivity contribution in [3.05, 3.63) is 12.3 Å². The van der Waals surface area contributed by atoms with E-state index in [1.54, 1.807) is 0 Å². The molecule has 0 heterocycles. The molecule has 0 aliphatic carbocycles. The lowest BCUT2D eigenvalue weighted by molar-refractivity contribution is 0.556. The molecule has 0 aromatic rings. The Bertz CT molecular complexity index is 226. The van der Waals surface area contributed by atoms with Gasteiger partial charge in [0.25, 0.3) is 0.564 Å². The Morgan fingerprint density at radius 3 is 1.87 bits per heavy atom. The summed E-state index contributed by atoms with van der Waals surface area (Å²) in [5, 5.41) is 0. The summed E-state index contributed by atoms with van der Waals surface area (Å²) in [5.74, 6) is 0. The second kappa shape index (κ2) is 6.63. The van der Waals surface area contributed by atoms with Crippen LogP contribution in [0.5, 0.6) is 0 Å². The van der Waals surface area contributed by atoms with Crippen LogP contribution in [0.4, 0.5) is 0 Å². The highest BCUT2D eigenvalue weighted by molar-refractivity contribution is 14.4. The fraction of sp³-hybridized carbons (Fsp3) is 0.750. The molecule has 0 amide bonds. The van der Waals surface area contributed by atoms with Crippen LogP contribution in [0.1, 0.15) is 0 Å². The fourth-order valence-corrected chi connectivity index (χ4v) is 18.5. The molecule has 0 bridgehead atoms. The lowest BCUT2D eigenvalue weighted by atomic mass is 10.9. The Balaban J connectivity index is 4.25. The molecule has 0 rings (SSSR count). The van der Waals surface area contributed by atoms with Gasteiger partial charge in [-0.25, -0.2) is 0 Å². The van der Waals surface area contributed by atoms with Gasteiger partial charge in [0, 0.05) is 0 Å². The third-order valence-electron chi connectivity index (χ3n) is 2.04. The van der Waals surface area contributed by atoms with Crippen molar-refractivity contribution in [2.45, 2.75) is 38.3 Å². The molecule has 15 heavy (non-hydrogen) atoms. The molecule has 0 saturated heterocycles. The predicted molar refractivity (Wildman–Crippen MR) is 104 cm³/mol. The Morgan fingerprint density at radius 1 is 1.07 bits per heavy atom. The van der Waals surface area contributed by atoms with E-state index in [-0.39, 0.29) is 0 Å². The first-order valence-corrected chi connectivity index (χ1v) is 22.5. The summed E-state index contributed by atoms with van der Waals surface area (Å²) in [5.41, 5.74) is 2.05. The molecule has 1 nitrogen and oxygen atoms in total. The zero-order valence-corrected chi connectivity index (χ0v) is 19.2. The number of hydrogen-bond acceptors (Lipinski definition) is 1. The molecule has 0 aromatic heterocycles. The molecule has 0 aliphatic heterocycles. The molecule has 0 saturated carbocycles. The maximum Gasteiger partial charge on any atom is 0.253 e. The first kappa shape index (κ1) is 17.5. The number of rotatable bonds is 6. The predicted octanol–water partition coefficient (Wildman–Crippen LogP) is 5.38.